The Labute approximate surface area is 210 Å². The lowest BCUT2D eigenvalue weighted by Crippen LogP contribution is -2.43. The van der Waals surface area contributed by atoms with Crippen LogP contribution in [-0.4, -0.2) is 54.2 Å². The average Bonchev–Trinajstić information content (AvgIpc) is 2.86. The van der Waals surface area contributed by atoms with Gasteiger partial charge in [0.1, 0.15) is 11.5 Å². The number of hydrogen-bond donors (Lipinski definition) is 1. The topological polar surface area (TPSA) is 35.9 Å². The van der Waals surface area contributed by atoms with Crippen LogP contribution in [0.15, 0.2) is 66.5 Å². The quantitative estimate of drug-likeness (QED) is 0.534. The summed E-state index contributed by atoms with van der Waals surface area (Å²) in [6, 6.07) is 15.5. The molecule has 0 amide bonds. The van der Waals surface area contributed by atoms with Crippen LogP contribution >= 0.6 is 0 Å². The highest BCUT2D eigenvalue weighted by Gasteiger charge is 2.34. The van der Waals surface area contributed by atoms with Gasteiger partial charge >= 0.3 is 0 Å². The fraction of sp³-hybridized carbons (Fsp3) is 0.484. The number of allylic oxidation sites excluding steroid dienone is 1. The molecular formula is C31H40N2O2. The van der Waals surface area contributed by atoms with Gasteiger partial charge in [0, 0.05) is 19.1 Å². The van der Waals surface area contributed by atoms with Gasteiger partial charge in [-0.2, -0.15) is 0 Å². The molecule has 0 radical (unpaired) electrons. The van der Waals surface area contributed by atoms with Gasteiger partial charge in [-0.25, -0.2) is 0 Å². The number of methoxy groups -OCH3 is 1. The first-order valence-corrected chi connectivity index (χ1v) is 13.4. The lowest BCUT2D eigenvalue weighted by atomic mass is 9.72. The highest BCUT2D eigenvalue weighted by Crippen LogP contribution is 2.38. The first-order chi connectivity index (χ1) is 17.1. The van der Waals surface area contributed by atoms with Crippen molar-refractivity contribution in [2.24, 2.45) is 11.8 Å². The van der Waals surface area contributed by atoms with Crippen LogP contribution in [-0.2, 0) is 30.5 Å². The van der Waals surface area contributed by atoms with Gasteiger partial charge in [-0.05, 0) is 110 Å². The molecule has 2 aromatic carbocycles. The van der Waals surface area contributed by atoms with E-state index >= 15 is 0 Å². The number of likely N-dealkylation sites (N-methyl/N-ethyl adjacent to an activating group) is 1. The van der Waals surface area contributed by atoms with Gasteiger partial charge in [0.05, 0.1) is 7.11 Å². The minimum absolute atomic E-state index is 0.315. The van der Waals surface area contributed by atoms with E-state index in [4.69, 9.17) is 4.74 Å². The first kappa shape index (κ1) is 24.1. The van der Waals surface area contributed by atoms with E-state index in [1.54, 1.807) is 7.11 Å². The molecule has 2 unspecified atom stereocenters. The molecule has 0 spiro atoms. The number of rotatable bonds is 9. The summed E-state index contributed by atoms with van der Waals surface area (Å²) in [6.45, 7) is 7.94. The SMILES string of the molecule is CCN(Cc1ccc(CCN2CCC2)cc1)C1C=C(OC)C=CC1[C@@H]1CCc2cc(O)ccc2C1. The standard InChI is InChI=1S/C31H40N2O2/c1-3-33(22-24-7-5-23(6-8-24)15-18-32-16-4-17-32)31-21-29(35-2)13-14-30(31)27-10-9-26-20-28(34)12-11-25(26)19-27/h5-8,11-14,20-21,27,30-31,34H,3-4,9-10,15-19,22H2,1-2H3/t27-,30?,31?/m1/s1. The van der Waals surface area contributed by atoms with E-state index in [0.29, 0.717) is 23.6 Å². The molecule has 0 saturated carbocycles. The molecule has 186 valence electrons. The molecule has 1 aliphatic heterocycles. The third kappa shape index (κ3) is 5.65. The van der Waals surface area contributed by atoms with Gasteiger partial charge in [-0.3, -0.25) is 4.90 Å². The van der Waals surface area contributed by atoms with Crippen LogP contribution in [0.4, 0.5) is 0 Å². The molecular weight excluding hydrogens is 432 g/mol. The summed E-state index contributed by atoms with van der Waals surface area (Å²) in [5.74, 6) is 2.38. The maximum Gasteiger partial charge on any atom is 0.116 e. The molecule has 1 heterocycles. The summed E-state index contributed by atoms with van der Waals surface area (Å²) >= 11 is 0. The number of benzene rings is 2. The number of aryl methyl sites for hydroxylation is 1. The van der Waals surface area contributed by atoms with Crippen molar-refractivity contribution in [1.82, 2.24) is 9.80 Å². The number of phenolic OH excluding ortho intramolecular Hbond substituents is 1. The van der Waals surface area contributed by atoms with E-state index in [1.807, 2.05) is 12.1 Å². The van der Waals surface area contributed by atoms with Crippen LogP contribution < -0.4 is 0 Å². The van der Waals surface area contributed by atoms with Gasteiger partial charge < -0.3 is 14.7 Å². The largest absolute Gasteiger partial charge is 0.508 e. The molecule has 1 saturated heterocycles. The summed E-state index contributed by atoms with van der Waals surface area (Å²) in [5.41, 5.74) is 5.53. The molecule has 3 atom stereocenters. The number of ether oxygens (including phenoxy) is 1. The van der Waals surface area contributed by atoms with E-state index in [2.05, 4.69) is 65.3 Å². The second-order valence-corrected chi connectivity index (χ2v) is 10.5. The Kier molecular flexibility index (Phi) is 7.60. The number of likely N-dealkylation sites (tertiary alicyclic amines) is 1. The van der Waals surface area contributed by atoms with Crippen molar-refractivity contribution in [1.29, 1.82) is 0 Å². The Morgan fingerprint density at radius 3 is 2.57 bits per heavy atom. The van der Waals surface area contributed by atoms with E-state index in [1.165, 1.54) is 48.3 Å². The van der Waals surface area contributed by atoms with Crippen molar-refractivity contribution in [3.05, 3.63) is 88.7 Å². The third-order valence-electron chi connectivity index (χ3n) is 8.35. The van der Waals surface area contributed by atoms with Gasteiger partial charge in [0.2, 0.25) is 0 Å². The molecule has 5 rings (SSSR count). The minimum atomic E-state index is 0.315. The van der Waals surface area contributed by atoms with Crippen molar-refractivity contribution in [2.75, 3.05) is 33.3 Å². The summed E-state index contributed by atoms with van der Waals surface area (Å²) in [5, 5.41) is 9.89. The highest BCUT2D eigenvalue weighted by molar-refractivity contribution is 5.37. The molecule has 3 aliphatic rings. The maximum atomic E-state index is 9.89. The molecule has 0 aromatic heterocycles. The Morgan fingerprint density at radius 2 is 1.86 bits per heavy atom. The Bertz CT molecular complexity index is 1050. The zero-order chi connectivity index (χ0) is 24.2. The van der Waals surface area contributed by atoms with Crippen molar-refractivity contribution < 1.29 is 9.84 Å². The number of aromatic hydroxyl groups is 1. The number of phenols is 1. The smallest absolute Gasteiger partial charge is 0.116 e. The highest BCUT2D eigenvalue weighted by atomic mass is 16.5. The summed E-state index contributed by atoms with van der Waals surface area (Å²) in [4.78, 5) is 5.14. The second kappa shape index (κ2) is 11.0. The van der Waals surface area contributed by atoms with Gasteiger partial charge in [-0.1, -0.05) is 43.3 Å². The molecule has 2 aromatic rings. The lowest BCUT2D eigenvalue weighted by Gasteiger charge is -2.41. The summed E-state index contributed by atoms with van der Waals surface area (Å²) in [7, 11) is 1.77. The molecule has 1 fully saturated rings. The molecule has 4 heteroatoms. The Hall–Kier alpha value is -2.56. The van der Waals surface area contributed by atoms with Crippen LogP contribution in [0.2, 0.25) is 0 Å². The average molecular weight is 473 g/mol. The second-order valence-electron chi connectivity index (χ2n) is 10.5. The monoisotopic (exact) mass is 472 g/mol. The first-order valence-electron chi connectivity index (χ1n) is 13.4. The maximum absolute atomic E-state index is 9.89. The lowest BCUT2D eigenvalue weighted by molar-refractivity contribution is 0.147. The number of fused-ring (bicyclic) bond motifs is 1. The molecule has 1 N–H and O–H groups in total. The van der Waals surface area contributed by atoms with Crippen LogP contribution in [0.25, 0.3) is 0 Å². The normalized spacial score (nSPS) is 24.1. The van der Waals surface area contributed by atoms with Gasteiger partial charge in [0.25, 0.3) is 0 Å². The Morgan fingerprint density at radius 1 is 1.06 bits per heavy atom. The Balaban J connectivity index is 1.29. The fourth-order valence-electron chi connectivity index (χ4n) is 6.04. The van der Waals surface area contributed by atoms with Crippen LogP contribution in [0.1, 0.15) is 42.0 Å². The number of nitrogens with zero attached hydrogens (tertiary/aromatic N) is 2. The van der Waals surface area contributed by atoms with Crippen molar-refractivity contribution in [2.45, 2.75) is 51.6 Å². The van der Waals surface area contributed by atoms with E-state index in [0.717, 1.165) is 44.5 Å². The van der Waals surface area contributed by atoms with Gasteiger partial charge in [-0.15, -0.1) is 0 Å². The summed E-state index contributed by atoms with van der Waals surface area (Å²) < 4.78 is 5.66. The van der Waals surface area contributed by atoms with Crippen LogP contribution in [0, 0.1) is 11.8 Å². The minimum Gasteiger partial charge on any atom is -0.508 e. The summed E-state index contributed by atoms with van der Waals surface area (Å²) in [6.07, 6.45) is 12.7. The zero-order valence-electron chi connectivity index (χ0n) is 21.3. The van der Waals surface area contributed by atoms with Crippen molar-refractivity contribution in [3.8, 4) is 5.75 Å². The molecule has 0 bridgehead atoms. The predicted octanol–water partition coefficient (Wildman–Crippen LogP) is 5.35. The fourth-order valence-corrected chi connectivity index (χ4v) is 6.04. The van der Waals surface area contributed by atoms with Crippen LogP contribution in [0.5, 0.6) is 5.75 Å². The van der Waals surface area contributed by atoms with Crippen molar-refractivity contribution in [3.63, 3.8) is 0 Å². The van der Waals surface area contributed by atoms with Gasteiger partial charge in [0.15, 0.2) is 0 Å². The third-order valence-corrected chi connectivity index (χ3v) is 8.35. The predicted molar refractivity (Wildman–Crippen MR) is 142 cm³/mol. The van der Waals surface area contributed by atoms with Crippen LogP contribution in [0.3, 0.4) is 0 Å². The van der Waals surface area contributed by atoms with Crippen molar-refractivity contribution >= 4 is 0 Å². The zero-order valence-corrected chi connectivity index (χ0v) is 21.3. The molecule has 4 nitrogen and oxygen atoms in total. The van der Waals surface area contributed by atoms with E-state index in [-0.39, 0.29) is 0 Å². The van der Waals surface area contributed by atoms with E-state index < -0.39 is 0 Å². The van der Waals surface area contributed by atoms with E-state index in [9.17, 15) is 5.11 Å². The number of hydrogen-bond acceptors (Lipinski definition) is 4. The molecule has 35 heavy (non-hydrogen) atoms. The molecule has 2 aliphatic carbocycles.